The molecular formula is C17H17N3OS. The molecule has 1 aliphatic rings. The van der Waals surface area contributed by atoms with E-state index in [-0.39, 0.29) is 5.56 Å². The third-order valence-electron chi connectivity index (χ3n) is 4.36. The van der Waals surface area contributed by atoms with Gasteiger partial charge in [-0.3, -0.25) is 4.79 Å². The normalized spacial score (nSPS) is 17.6. The van der Waals surface area contributed by atoms with Crippen LogP contribution >= 0.6 is 11.3 Å². The molecule has 0 saturated heterocycles. The maximum Gasteiger partial charge on any atom is 0.279 e. The third-order valence-corrected chi connectivity index (χ3v) is 5.50. The number of hydrogen-bond donors (Lipinski definition) is 0. The Morgan fingerprint density at radius 3 is 2.95 bits per heavy atom. The van der Waals surface area contributed by atoms with Gasteiger partial charge in [0.05, 0.1) is 11.9 Å². The maximum absolute atomic E-state index is 12.8. The lowest BCUT2D eigenvalue weighted by Crippen LogP contribution is -2.25. The van der Waals surface area contributed by atoms with Gasteiger partial charge in [-0.1, -0.05) is 42.5 Å². The number of benzene rings is 1. The molecule has 2 aromatic heterocycles. The minimum Gasteiger partial charge on any atom is -0.267 e. The van der Waals surface area contributed by atoms with Crippen LogP contribution in [0.3, 0.4) is 0 Å². The number of aryl methyl sites for hydroxylation is 1. The standard InChI is InChI=1S/C17H17N3OS/c1-11-7-8-13-14(9-11)22-16-15(13)17(21)20(19-18-16)10-12-5-3-2-4-6-12/h2-6,11H,7-10H2,1H3/t11-/m0/s1. The van der Waals surface area contributed by atoms with Gasteiger partial charge in [0, 0.05) is 4.88 Å². The summed E-state index contributed by atoms with van der Waals surface area (Å²) in [7, 11) is 0. The number of hydrogen-bond acceptors (Lipinski definition) is 4. The SMILES string of the molecule is C[C@H]1CCc2c(sc3nnn(Cc4ccccc4)c(=O)c23)C1. The van der Waals surface area contributed by atoms with Crippen molar-refractivity contribution >= 4 is 21.6 Å². The summed E-state index contributed by atoms with van der Waals surface area (Å²) < 4.78 is 1.49. The van der Waals surface area contributed by atoms with Crippen molar-refractivity contribution < 1.29 is 0 Å². The minimum absolute atomic E-state index is 0.000839. The molecule has 1 aromatic carbocycles. The first-order valence-corrected chi connectivity index (χ1v) is 8.46. The second-order valence-electron chi connectivity index (χ2n) is 6.07. The molecule has 4 rings (SSSR count). The average Bonchev–Trinajstić information content (AvgIpc) is 2.89. The van der Waals surface area contributed by atoms with Crippen LogP contribution in [0.15, 0.2) is 35.1 Å². The molecule has 0 saturated carbocycles. The molecular weight excluding hydrogens is 294 g/mol. The van der Waals surface area contributed by atoms with Gasteiger partial charge in [-0.25, -0.2) is 4.68 Å². The molecule has 22 heavy (non-hydrogen) atoms. The Bertz CT molecular complexity index is 882. The molecule has 3 aromatic rings. The lowest BCUT2D eigenvalue weighted by atomic mass is 9.89. The van der Waals surface area contributed by atoms with Gasteiger partial charge in [0.2, 0.25) is 0 Å². The zero-order valence-corrected chi connectivity index (χ0v) is 13.3. The molecule has 0 radical (unpaired) electrons. The summed E-state index contributed by atoms with van der Waals surface area (Å²) in [6.07, 6.45) is 3.20. The van der Waals surface area contributed by atoms with Crippen molar-refractivity contribution in [2.75, 3.05) is 0 Å². The molecule has 0 amide bonds. The molecule has 0 bridgehead atoms. The predicted octanol–water partition coefficient (Wildman–Crippen LogP) is 3.03. The van der Waals surface area contributed by atoms with E-state index in [0.717, 1.165) is 35.0 Å². The zero-order chi connectivity index (χ0) is 15.1. The van der Waals surface area contributed by atoms with Crippen LogP contribution in [0.4, 0.5) is 0 Å². The number of nitrogens with zero attached hydrogens (tertiary/aromatic N) is 3. The van der Waals surface area contributed by atoms with Gasteiger partial charge in [-0.15, -0.1) is 16.4 Å². The molecule has 0 N–H and O–H groups in total. The molecule has 1 atom stereocenters. The number of rotatable bonds is 2. The van der Waals surface area contributed by atoms with Crippen molar-refractivity contribution in [2.45, 2.75) is 32.7 Å². The first-order valence-electron chi connectivity index (χ1n) is 7.64. The van der Waals surface area contributed by atoms with E-state index in [4.69, 9.17) is 0 Å². The quantitative estimate of drug-likeness (QED) is 0.731. The van der Waals surface area contributed by atoms with E-state index in [2.05, 4.69) is 17.2 Å². The van der Waals surface area contributed by atoms with E-state index in [1.807, 2.05) is 30.3 Å². The Morgan fingerprint density at radius 1 is 1.32 bits per heavy atom. The lowest BCUT2D eigenvalue weighted by molar-refractivity contribution is 0.508. The van der Waals surface area contributed by atoms with Crippen molar-refractivity contribution in [3.05, 3.63) is 56.7 Å². The highest BCUT2D eigenvalue weighted by Crippen LogP contribution is 2.35. The first kappa shape index (κ1) is 13.6. The Balaban J connectivity index is 1.82. The number of fused-ring (bicyclic) bond motifs is 3. The van der Waals surface area contributed by atoms with Gasteiger partial charge in [0.15, 0.2) is 4.83 Å². The highest BCUT2D eigenvalue weighted by Gasteiger charge is 2.23. The molecule has 0 aliphatic heterocycles. The largest absolute Gasteiger partial charge is 0.279 e. The fraction of sp³-hybridized carbons (Fsp3) is 0.353. The van der Waals surface area contributed by atoms with Crippen LogP contribution in [0.2, 0.25) is 0 Å². The highest BCUT2D eigenvalue weighted by atomic mass is 32.1. The number of aromatic nitrogens is 3. The Kier molecular flexibility index (Phi) is 3.30. The van der Waals surface area contributed by atoms with Gasteiger partial charge in [0.25, 0.3) is 5.56 Å². The van der Waals surface area contributed by atoms with Crippen LogP contribution in [-0.4, -0.2) is 15.0 Å². The topological polar surface area (TPSA) is 47.8 Å². The fourth-order valence-electron chi connectivity index (χ4n) is 3.15. The highest BCUT2D eigenvalue weighted by molar-refractivity contribution is 7.18. The second-order valence-corrected chi connectivity index (χ2v) is 7.15. The van der Waals surface area contributed by atoms with Crippen LogP contribution in [-0.2, 0) is 19.4 Å². The molecule has 112 valence electrons. The van der Waals surface area contributed by atoms with Crippen LogP contribution in [0, 0.1) is 5.92 Å². The fourth-order valence-corrected chi connectivity index (χ4v) is 4.47. The Morgan fingerprint density at radius 2 is 2.14 bits per heavy atom. The zero-order valence-electron chi connectivity index (χ0n) is 12.5. The second kappa shape index (κ2) is 5.32. The van der Waals surface area contributed by atoms with E-state index in [9.17, 15) is 4.79 Å². The van der Waals surface area contributed by atoms with Crippen LogP contribution in [0.5, 0.6) is 0 Å². The summed E-state index contributed by atoms with van der Waals surface area (Å²) in [4.78, 5) is 14.9. The van der Waals surface area contributed by atoms with Gasteiger partial charge in [0.1, 0.15) is 0 Å². The third kappa shape index (κ3) is 2.25. The molecule has 1 aliphatic carbocycles. The van der Waals surface area contributed by atoms with Crippen molar-refractivity contribution in [1.82, 2.24) is 15.0 Å². The van der Waals surface area contributed by atoms with E-state index < -0.39 is 0 Å². The van der Waals surface area contributed by atoms with Crippen LogP contribution in [0.1, 0.15) is 29.3 Å². The Labute approximate surface area is 132 Å². The summed E-state index contributed by atoms with van der Waals surface area (Å²) >= 11 is 1.65. The van der Waals surface area contributed by atoms with E-state index >= 15 is 0 Å². The van der Waals surface area contributed by atoms with E-state index in [0.29, 0.717) is 12.5 Å². The van der Waals surface area contributed by atoms with Gasteiger partial charge < -0.3 is 0 Å². The minimum atomic E-state index is 0.000839. The maximum atomic E-state index is 12.8. The first-order chi connectivity index (χ1) is 10.7. The van der Waals surface area contributed by atoms with Crippen molar-refractivity contribution in [3.63, 3.8) is 0 Å². The van der Waals surface area contributed by atoms with E-state index in [1.165, 1.54) is 15.1 Å². The molecule has 2 heterocycles. The lowest BCUT2D eigenvalue weighted by Gasteiger charge is -2.17. The monoisotopic (exact) mass is 311 g/mol. The van der Waals surface area contributed by atoms with Crippen LogP contribution < -0.4 is 5.56 Å². The summed E-state index contributed by atoms with van der Waals surface area (Å²) in [6.45, 7) is 2.75. The molecule has 0 unspecified atom stereocenters. The van der Waals surface area contributed by atoms with Gasteiger partial charge in [-0.05, 0) is 36.3 Å². The van der Waals surface area contributed by atoms with Crippen molar-refractivity contribution in [2.24, 2.45) is 5.92 Å². The molecule has 0 fully saturated rings. The summed E-state index contributed by atoms with van der Waals surface area (Å²) in [5.41, 5.74) is 2.29. The van der Waals surface area contributed by atoms with Crippen LogP contribution in [0.25, 0.3) is 10.2 Å². The smallest absolute Gasteiger partial charge is 0.267 e. The van der Waals surface area contributed by atoms with E-state index in [1.54, 1.807) is 11.3 Å². The van der Waals surface area contributed by atoms with Gasteiger partial charge >= 0.3 is 0 Å². The molecule has 5 heteroatoms. The summed E-state index contributed by atoms with van der Waals surface area (Å²) in [5, 5.41) is 9.23. The Hall–Kier alpha value is -2.01. The van der Waals surface area contributed by atoms with Crippen molar-refractivity contribution in [1.29, 1.82) is 0 Å². The average molecular weight is 311 g/mol. The van der Waals surface area contributed by atoms with Gasteiger partial charge in [-0.2, -0.15) is 0 Å². The summed E-state index contributed by atoms with van der Waals surface area (Å²) in [5.74, 6) is 0.695. The molecule has 4 nitrogen and oxygen atoms in total. The molecule has 0 spiro atoms. The van der Waals surface area contributed by atoms with Crippen molar-refractivity contribution in [3.8, 4) is 0 Å². The predicted molar refractivity (Wildman–Crippen MR) is 88.4 cm³/mol. The number of thiophene rings is 1. The summed E-state index contributed by atoms with van der Waals surface area (Å²) in [6, 6.07) is 9.92.